The average Bonchev–Trinajstić information content (AvgIpc) is 2.88. The summed E-state index contributed by atoms with van der Waals surface area (Å²) in [6.07, 6.45) is 1.59. The summed E-state index contributed by atoms with van der Waals surface area (Å²) in [7, 11) is 0. The third-order valence-corrected chi connectivity index (χ3v) is 6.36. The molecule has 2 unspecified atom stereocenters. The van der Waals surface area contributed by atoms with E-state index in [0.717, 1.165) is 6.42 Å². The molecule has 0 aromatic heterocycles. The van der Waals surface area contributed by atoms with Crippen molar-refractivity contribution in [3.05, 3.63) is 70.8 Å². The van der Waals surface area contributed by atoms with Gasteiger partial charge in [0, 0.05) is 23.7 Å². The lowest BCUT2D eigenvalue weighted by Gasteiger charge is -2.46. The van der Waals surface area contributed by atoms with Gasteiger partial charge in [-0.3, -0.25) is 9.59 Å². The van der Waals surface area contributed by atoms with E-state index in [4.69, 9.17) is 0 Å². The molecule has 4 aliphatic carbocycles. The number of carbonyl (C=O) groups is 2. The van der Waals surface area contributed by atoms with Gasteiger partial charge in [0.05, 0.1) is 5.92 Å². The Morgan fingerprint density at radius 2 is 1.08 bits per heavy atom. The molecule has 2 atom stereocenters. The molecule has 2 aromatic rings. The van der Waals surface area contributed by atoms with Crippen LogP contribution in [0.25, 0.3) is 0 Å². The van der Waals surface area contributed by atoms with E-state index in [-0.39, 0.29) is 41.2 Å². The topological polar surface area (TPSA) is 34.1 Å². The van der Waals surface area contributed by atoms with E-state index < -0.39 is 0 Å². The summed E-state index contributed by atoms with van der Waals surface area (Å²) < 4.78 is 0. The van der Waals surface area contributed by atoms with Crippen LogP contribution in [0.15, 0.2) is 48.5 Å². The predicted molar refractivity (Wildman–Crippen MR) is 92.0 cm³/mol. The molecule has 1 fully saturated rings. The number of rotatable bonds is 2. The maximum atomic E-state index is 13.1. The highest BCUT2D eigenvalue weighted by molar-refractivity contribution is 6.13. The fourth-order valence-electron chi connectivity index (χ4n) is 5.54. The molecule has 0 spiro atoms. The summed E-state index contributed by atoms with van der Waals surface area (Å²) in [5.74, 6) is -0.153. The lowest BCUT2D eigenvalue weighted by molar-refractivity contribution is -0.128. The molecule has 0 radical (unpaired) electrons. The van der Waals surface area contributed by atoms with Crippen LogP contribution in [0.4, 0.5) is 0 Å². The third-order valence-electron chi connectivity index (χ3n) is 6.36. The molecule has 0 saturated heterocycles. The van der Waals surface area contributed by atoms with Gasteiger partial charge in [0.1, 0.15) is 11.6 Å². The number of Topliss-reactive ketones (excluding diaryl/α,β-unsaturated/α-hetero) is 2. The van der Waals surface area contributed by atoms with Crippen LogP contribution in [0, 0.1) is 17.8 Å². The SMILES string of the molecule is CCCC1C(=O)C2C3c4ccccc4C(c4ccccc43)C2C1=O. The summed E-state index contributed by atoms with van der Waals surface area (Å²) in [6, 6.07) is 16.9. The van der Waals surface area contributed by atoms with E-state index in [1.807, 2.05) is 0 Å². The van der Waals surface area contributed by atoms with Crippen LogP contribution < -0.4 is 0 Å². The van der Waals surface area contributed by atoms with Gasteiger partial charge in [-0.15, -0.1) is 0 Å². The van der Waals surface area contributed by atoms with Crippen molar-refractivity contribution in [3.63, 3.8) is 0 Å². The monoisotopic (exact) mass is 316 g/mol. The van der Waals surface area contributed by atoms with Crippen molar-refractivity contribution in [2.45, 2.75) is 31.6 Å². The van der Waals surface area contributed by atoms with Crippen molar-refractivity contribution in [2.75, 3.05) is 0 Å². The maximum Gasteiger partial charge on any atom is 0.148 e. The van der Waals surface area contributed by atoms with Crippen molar-refractivity contribution in [3.8, 4) is 0 Å². The Kier molecular flexibility index (Phi) is 2.88. The van der Waals surface area contributed by atoms with Crippen molar-refractivity contribution in [1.29, 1.82) is 0 Å². The minimum Gasteiger partial charge on any atom is -0.299 e. The van der Waals surface area contributed by atoms with E-state index in [0.29, 0.717) is 6.42 Å². The molecular formula is C22H20O2. The zero-order chi connectivity index (χ0) is 16.4. The number of carbonyl (C=O) groups excluding carboxylic acids is 2. The van der Waals surface area contributed by atoms with Crippen molar-refractivity contribution in [1.82, 2.24) is 0 Å². The summed E-state index contributed by atoms with van der Waals surface area (Å²) >= 11 is 0. The largest absolute Gasteiger partial charge is 0.299 e. The predicted octanol–water partition coefficient (Wildman–Crippen LogP) is 4.08. The Bertz CT molecular complexity index is 750. The molecule has 0 N–H and O–H groups in total. The normalized spacial score (nSPS) is 32.5. The van der Waals surface area contributed by atoms with Crippen LogP contribution in [0.5, 0.6) is 0 Å². The van der Waals surface area contributed by atoms with Crippen LogP contribution in [0.1, 0.15) is 53.9 Å². The first-order valence-corrected chi connectivity index (χ1v) is 8.99. The molecule has 24 heavy (non-hydrogen) atoms. The summed E-state index contributed by atoms with van der Waals surface area (Å²) in [5.41, 5.74) is 5.06. The lowest BCUT2D eigenvalue weighted by Crippen LogP contribution is -2.41. The highest BCUT2D eigenvalue weighted by Gasteiger charge is 2.61. The fraction of sp³-hybridized carbons (Fsp3) is 0.364. The van der Waals surface area contributed by atoms with Gasteiger partial charge in [-0.05, 0) is 28.7 Å². The summed E-state index contributed by atoms with van der Waals surface area (Å²) in [5, 5.41) is 0. The number of benzene rings is 2. The van der Waals surface area contributed by atoms with E-state index in [1.54, 1.807) is 0 Å². The number of ketones is 2. The van der Waals surface area contributed by atoms with E-state index in [2.05, 4.69) is 55.5 Å². The van der Waals surface area contributed by atoms with E-state index in [1.165, 1.54) is 22.3 Å². The Balaban J connectivity index is 1.77. The molecule has 120 valence electrons. The van der Waals surface area contributed by atoms with Gasteiger partial charge in [0.25, 0.3) is 0 Å². The minimum atomic E-state index is -0.376. The zero-order valence-corrected chi connectivity index (χ0v) is 13.7. The van der Waals surface area contributed by atoms with Crippen LogP contribution >= 0.6 is 0 Å². The van der Waals surface area contributed by atoms with Crippen molar-refractivity contribution >= 4 is 11.6 Å². The molecule has 0 heterocycles. The zero-order valence-electron chi connectivity index (χ0n) is 13.7. The minimum absolute atomic E-state index is 0.0608. The van der Waals surface area contributed by atoms with Gasteiger partial charge in [-0.1, -0.05) is 61.9 Å². The second-order valence-electron chi connectivity index (χ2n) is 7.41. The van der Waals surface area contributed by atoms with Crippen LogP contribution in [-0.4, -0.2) is 11.6 Å². The Morgan fingerprint density at radius 1 is 0.708 bits per heavy atom. The Morgan fingerprint density at radius 3 is 1.42 bits per heavy atom. The Hall–Kier alpha value is -2.22. The smallest absolute Gasteiger partial charge is 0.148 e. The first-order chi connectivity index (χ1) is 11.7. The van der Waals surface area contributed by atoms with Gasteiger partial charge in [0.15, 0.2) is 0 Å². The molecular weight excluding hydrogens is 296 g/mol. The Labute approximate surface area is 141 Å². The van der Waals surface area contributed by atoms with Gasteiger partial charge in [-0.25, -0.2) is 0 Å². The molecule has 2 aromatic carbocycles. The van der Waals surface area contributed by atoms with E-state index >= 15 is 0 Å². The first kappa shape index (κ1) is 14.2. The second-order valence-corrected chi connectivity index (χ2v) is 7.41. The third kappa shape index (κ3) is 1.56. The van der Waals surface area contributed by atoms with E-state index in [9.17, 15) is 9.59 Å². The average molecular weight is 316 g/mol. The van der Waals surface area contributed by atoms with Gasteiger partial charge in [0.2, 0.25) is 0 Å². The van der Waals surface area contributed by atoms with Gasteiger partial charge < -0.3 is 0 Å². The molecule has 0 aliphatic heterocycles. The first-order valence-electron chi connectivity index (χ1n) is 8.99. The highest BCUT2D eigenvalue weighted by Crippen LogP contribution is 2.62. The molecule has 2 nitrogen and oxygen atoms in total. The van der Waals surface area contributed by atoms with Crippen LogP contribution in [0.2, 0.25) is 0 Å². The standard InChI is InChI=1S/C22H20O2/c1-2-7-16-21(23)19-17-12-8-3-4-9-13(12)18(20(19)22(16)24)15-11-6-5-10-14(15)17/h3-6,8-11,16-20H,2,7H2,1H3. The van der Waals surface area contributed by atoms with Gasteiger partial charge in [-0.2, -0.15) is 0 Å². The molecule has 2 heteroatoms. The highest BCUT2D eigenvalue weighted by atomic mass is 16.2. The molecule has 1 saturated carbocycles. The molecule has 6 rings (SSSR count). The van der Waals surface area contributed by atoms with Crippen molar-refractivity contribution in [2.24, 2.45) is 17.8 Å². The summed E-state index contributed by atoms with van der Waals surface area (Å²) in [4.78, 5) is 26.3. The lowest BCUT2D eigenvalue weighted by atomic mass is 9.55. The molecule has 2 bridgehead atoms. The molecule has 0 amide bonds. The van der Waals surface area contributed by atoms with Crippen LogP contribution in [-0.2, 0) is 9.59 Å². The summed E-state index contributed by atoms with van der Waals surface area (Å²) in [6.45, 7) is 2.06. The fourth-order valence-corrected chi connectivity index (χ4v) is 5.54. The quantitative estimate of drug-likeness (QED) is 0.782. The maximum absolute atomic E-state index is 13.1. The van der Waals surface area contributed by atoms with Gasteiger partial charge >= 0.3 is 0 Å². The second kappa shape index (κ2) is 4.89. The van der Waals surface area contributed by atoms with Crippen LogP contribution in [0.3, 0.4) is 0 Å². The molecule has 4 aliphatic rings. The number of hydrogen-bond acceptors (Lipinski definition) is 2. The van der Waals surface area contributed by atoms with Crippen molar-refractivity contribution < 1.29 is 9.59 Å². The number of hydrogen-bond donors (Lipinski definition) is 0.